The van der Waals surface area contributed by atoms with Gasteiger partial charge in [0.1, 0.15) is 5.82 Å². The number of aromatic nitrogens is 2. The van der Waals surface area contributed by atoms with Crippen molar-refractivity contribution in [3.05, 3.63) is 78.4 Å². The van der Waals surface area contributed by atoms with E-state index in [1.165, 1.54) is 23.5 Å². The summed E-state index contributed by atoms with van der Waals surface area (Å²) in [5.41, 5.74) is 1.88. The molecular weight excluding hydrogens is 449 g/mol. The Hall–Kier alpha value is -2.42. The van der Waals surface area contributed by atoms with Crippen molar-refractivity contribution in [2.45, 2.75) is 22.8 Å². The second kappa shape index (κ2) is 10.3. The number of halogens is 1. The fourth-order valence-electron chi connectivity index (χ4n) is 3.05. The number of thioether (sulfide) groups is 2. The van der Waals surface area contributed by atoms with E-state index in [0.29, 0.717) is 23.8 Å². The fourth-order valence-corrected chi connectivity index (χ4v) is 5.53. The molecule has 0 bridgehead atoms. The number of hydrogen-bond donors (Lipinski definition) is 0. The number of benzene rings is 2. The summed E-state index contributed by atoms with van der Waals surface area (Å²) in [5, 5.41) is 0.692. The standard InChI is InChI=1S/C23H20FN3OS3/c1-29-19-5-2-6-20-22(19)26-23(31-20)27(15-16-4-3-12-25-14-16)21(28)11-13-30-18-9-7-17(24)8-10-18/h2-10,12,14H,11,13,15H2,1H3. The first kappa shape index (κ1) is 21.8. The quantitative estimate of drug-likeness (QED) is 0.285. The summed E-state index contributed by atoms with van der Waals surface area (Å²) in [5.74, 6) is 0.348. The van der Waals surface area contributed by atoms with Gasteiger partial charge in [-0.15, -0.1) is 23.5 Å². The van der Waals surface area contributed by atoms with E-state index in [4.69, 9.17) is 4.98 Å². The molecule has 0 saturated heterocycles. The topological polar surface area (TPSA) is 46.1 Å². The van der Waals surface area contributed by atoms with E-state index in [1.807, 2.05) is 36.6 Å². The molecule has 0 radical (unpaired) electrons. The molecule has 1 amide bonds. The zero-order valence-electron chi connectivity index (χ0n) is 16.8. The maximum Gasteiger partial charge on any atom is 0.229 e. The highest BCUT2D eigenvalue weighted by molar-refractivity contribution is 7.99. The molecule has 0 aliphatic rings. The summed E-state index contributed by atoms with van der Waals surface area (Å²) in [4.78, 5) is 26.0. The predicted molar refractivity (Wildman–Crippen MR) is 129 cm³/mol. The maximum atomic E-state index is 13.2. The van der Waals surface area contributed by atoms with Crippen LogP contribution in [0.15, 0.2) is 76.8 Å². The van der Waals surface area contributed by atoms with Crippen LogP contribution < -0.4 is 4.90 Å². The smallest absolute Gasteiger partial charge is 0.229 e. The number of nitrogens with zero attached hydrogens (tertiary/aromatic N) is 3. The molecule has 0 saturated carbocycles. The number of carbonyl (C=O) groups excluding carboxylic acids is 1. The lowest BCUT2D eigenvalue weighted by Crippen LogP contribution is -2.30. The van der Waals surface area contributed by atoms with Crippen LogP contribution in [0.1, 0.15) is 12.0 Å². The van der Waals surface area contributed by atoms with Crippen molar-refractivity contribution in [1.82, 2.24) is 9.97 Å². The van der Waals surface area contributed by atoms with E-state index in [0.717, 1.165) is 25.6 Å². The average Bonchev–Trinajstić information content (AvgIpc) is 3.23. The van der Waals surface area contributed by atoms with E-state index < -0.39 is 0 Å². The van der Waals surface area contributed by atoms with Crippen molar-refractivity contribution in [3.63, 3.8) is 0 Å². The van der Waals surface area contributed by atoms with E-state index in [-0.39, 0.29) is 11.7 Å². The van der Waals surface area contributed by atoms with E-state index in [9.17, 15) is 9.18 Å². The Morgan fingerprint density at radius 1 is 1.13 bits per heavy atom. The van der Waals surface area contributed by atoms with Crippen molar-refractivity contribution in [1.29, 1.82) is 0 Å². The lowest BCUT2D eigenvalue weighted by atomic mass is 10.2. The SMILES string of the molecule is CSc1cccc2sc(N(Cc3cccnc3)C(=O)CCSc3ccc(F)cc3)nc12. The van der Waals surface area contributed by atoms with Crippen LogP contribution in [0.4, 0.5) is 9.52 Å². The van der Waals surface area contributed by atoms with Gasteiger partial charge in [-0.25, -0.2) is 9.37 Å². The first-order valence-corrected chi connectivity index (χ1v) is 12.7. The molecule has 0 spiro atoms. The Morgan fingerprint density at radius 3 is 2.71 bits per heavy atom. The van der Waals surface area contributed by atoms with Crippen molar-refractivity contribution >= 4 is 56.1 Å². The van der Waals surface area contributed by atoms with Crippen molar-refractivity contribution in [3.8, 4) is 0 Å². The number of fused-ring (bicyclic) bond motifs is 1. The lowest BCUT2D eigenvalue weighted by Gasteiger charge is -2.20. The third kappa shape index (κ3) is 5.44. The van der Waals surface area contributed by atoms with Crippen molar-refractivity contribution in [2.24, 2.45) is 0 Å². The molecule has 0 aliphatic heterocycles. The van der Waals surface area contributed by atoms with Crippen LogP contribution in [0.2, 0.25) is 0 Å². The minimum atomic E-state index is -0.261. The number of para-hydroxylation sites is 1. The molecule has 4 nitrogen and oxygen atoms in total. The van der Waals surface area contributed by atoms with E-state index >= 15 is 0 Å². The first-order chi connectivity index (χ1) is 15.1. The largest absolute Gasteiger partial charge is 0.284 e. The van der Waals surface area contributed by atoms with Gasteiger partial charge in [-0.05, 0) is 54.3 Å². The highest BCUT2D eigenvalue weighted by Crippen LogP contribution is 2.35. The van der Waals surface area contributed by atoms with Gasteiger partial charge < -0.3 is 0 Å². The highest BCUT2D eigenvalue weighted by atomic mass is 32.2. The number of hydrogen-bond acceptors (Lipinski definition) is 6. The van der Waals surface area contributed by atoms with Crippen molar-refractivity contribution < 1.29 is 9.18 Å². The molecule has 158 valence electrons. The van der Waals surface area contributed by atoms with Crippen LogP contribution >= 0.6 is 34.9 Å². The second-order valence-corrected chi connectivity index (χ2v) is 9.72. The molecule has 0 fully saturated rings. The number of amides is 1. The highest BCUT2D eigenvalue weighted by Gasteiger charge is 2.21. The molecule has 0 atom stereocenters. The number of carbonyl (C=O) groups is 1. The van der Waals surface area contributed by atoms with Gasteiger partial charge in [0.05, 0.1) is 16.8 Å². The number of thiazole rings is 1. The van der Waals surface area contributed by atoms with E-state index in [1.54, 1.807) is 53.0 Å². The van der Waals surface area contributed by atoms with Gasteiger partial charge in [-0.3, -0.25) is 14.7 Å². The summed E-state index contributed by atoms with van der Waals surface area (Å²) in [6.45, 7) is 0.419. The molecule has 0 unspecified atom stereocenters. The Bertz CT molecular complexity index is 1170. The summed E-state index contributed by atoms with van der Waals surface area (Å²) in [6.07, 6.45) is 5.87. The Morgan fingerprint density at radius 2 is 1.97 bits per heavy atom. The van der Waals surface area contributed by atoms with Crippen LogP contribution in [0, 0.1) is 5.82 Å². The summed E-state index contributed by atoms with van der Waals surface area (Å²) in [7, 11) is 0. The zero-order chi connectivity index (χ0) is 21.6. The van der Waals surface area contributed by atoms with Gasteiger partial charge in [0.2, 0.25) is 5.91 Å². The molecule has 0 N–H and O–H groups in total. The summed E-state index contributed by atoms with van der Waals surface area (Å²) >= 11 is 4.72. The molecule has 31 heavy (non-hydrogen) atoms. The predicted octanol–water partition coefficient (Wildman–Crippen LogP) is 6.27. The van der Waals surface area contributed by atoms with Gasteiger partial charge in [-0.2, -0.15) is 0 Å². The average molecular weight is 470 g/mol. The Balaban J connectivity index is 1.55. The summed E-state index contributed by atoms with van der Waals surface area (Å²) < 4.78 is 14.2. The van der Waals surface area contributed by atoms with Gasteiger partial charge in [0.15, 0.2) is 5.13 Å². The molecule has 4 rings (SSSR count). The molecular formula is C23H20FN3OS3. The van der Waals surface area contributed by atoms with Gasteiger partial charge in [0, 0.05) is 34.4 Å². The molecule has 2 aromatic heterocycles. The van der Waals surface area contributed by atoms with Crippen LogP contribution in [0.5, 0.6) is 0 Å². The zero-order valence-corrected chi connectivity index (χ0v) is 19.3. The molecule has 4 aromatic rings. The summed E-state index contributed by atoms with van der Waals surface area (Å²) in [6, 6.07) is 16.3. The first-order valence-electron chi connectivity index (χ1n) is 9.65. The van der Waals surface area contributed by atoms with Crippen LogP contribution in [0.25, 0.3) is 10.2 Å². The second-order valence-electron chi connectivity index (χ2n) is 6.70. The minimum Gasteiger partial charge on any atom is -0.284 e. The molecule has 2 aromatic carbocycles. The number of rotatable bonds is 8. The Labute approximate surface area is 192 Å². The monoisotopic (exact) mass is 469 g/mol. The van der Waals surface area contributed by atoms with Crippen LogP contribution in [-0.4, -0.2) is 27.9 Å². The molecule has 2 heterocycles. The van der Waals surface area contributed by atoms with Crippen LogP contribution in [-0.2, 0) is 11.3 Å². The van der Waals surface area contributed by atoms with Gasteiger partial charge in [0.25, 0.3) is 0 Å². The molecule has 0 aliphatic carbocycles. The molecule has 8 heteroatoms. The van der Waals surface area contributed by atoms with Crippen molar-refractivity contribution in [2.75, 3.05) is 16.9 Å². The third-order valence-corrected chi connectivity index (χ3v) is 7.41. The number of pyridine rings is 1. The maximum absolute atomic E-state index is 13.2. The van der Waals surface area contributed by atoms with Crippen LogP contribution in [0.3, 0.4) is 0 Å². The minimum absolute atomic E-state index is 0.00298. The number of anilines is 1. The van der Waals surface area contributed by atoms with Gasteiger partial charge >= 0.3 is 0 Å². The lowest BCUT2D eigenvalue weighted by molar-refractivity contribution is -0.118. The Kier molecular flexibility index (Phi) is 7.21. The van der Waals surface area contributed by atoms with Gasteiger partial charge in [-0.1, -0.05) is 23.5 Å². The normalized spacial score (nSPS) is 11.0. The third-order valence-electron chi connectivity index (χ3n) is 4.58. The van der Waals surface area contributed by atoms with E-state index in [2.05, 4.69) is 4.98 Å². The fraction of sp³-hybridized carbons (Fsp3) is 0.174.